The summed E-state index contributed by atoms with van der Waals surface area (Å²) in [5, 5.41) is 22.8. The quantitative estimate of drug-likeness (QED) is 0.585. The van der Waals surface area contributed by atoms with Crippen LogP contribution < -0.4 is 10.1 Å². The van der Waals surface area contributed by atoms with E-state index >= 15 is 0 Å². The lowest BCUT2D eigenvalue weighted by molar-refractivity contribution is -0.385. The predicted molar refractivity (Wildman–Crippen MR) is 64.4 cm³/mol. The second-order valence-electron chi connectivity index (χ2n) is 3.57. The summed E-state index contributed by atoms with van der Waals surface area (Å²) >= 11 is 0. The Kier molecular flexibility index (Phi) is 4.71. The van der Waals surface area contributed by atoms with Gasteiger partial charge in [-0.3, -0.25) is 10.1 Å². The molecule has 0 fully saturated rings. The van der Waals surface area contributed by atoms with E-state index in [9.17, 15) is 10.1 Å². The Morgan fingerprint density at radius 2 is 2.29 bits per heavy atom. The molecule has 6 nitrogen and oxygen atoms in total. The van der Waals surface area contributed by atoms with Crippen molar-refractivity contribution in [1.82, 2.24) is 0 Å². The number of aliphatic hydroxyl groups excluding tert-OH is 1. The summed E-state index contributed by atoms with van der Waals surface area (Å²) in [5.41, 5.74) is 0.247. The van der Waals surface area contributed by atoms with Crippen LogP contribution in [0, 0.1) is 10.1 Å². The predicted octanol–water partition coefficient (Wildman–Crippen LogP) is 1.79. The minimum Gasteiger partial charge on any atom is -0.487 e. The monoisotopic (exact) mass is 240 g/mol. The smallest absolute Gasteiger partial charge is 0.333 e. The number of ether oxygens (including phenoxy) is 1. The number of aliphatic hydroxyl groups is 1. The molecule has 0 spiro atoms. The van der Waals surface area contributed by atoms with Crippen LogP contribution in [0.4, 0.5) is 11.4 Å². The van der Waals surface area contributed by atoms with E-state index in [1.54, 1.807) is 32.0 Å². The first-order chi connectivity index (χ1) is 8.10. The first-order valence-corrected chi connectivity index (χ1v) is 5.37. The van der Waals surface area contributed by atoms with Gasteiger partial charge in [0.15, 0.2) is 5.75 Å². The van der Waals surface area contributed by atoms with Crippen LogP contribution in [0.2, 0.25) is 0 Å². The zero-order valence-electron chi connectivity index (χ0n) is 9.84. The number of hydrogen-bond acceptors (Lipinski definition) is 5. The van der Waals surface area contributed by atoms with Crippen molar-refractivity contribution in [3.8, 4) is 5.75 Å². The molecular weight excluding hydrogens is 224 g/mol. The lowest BCUT2D eigenvalue weighted by Crippen LogP contribution is -2.20. The van der Waals surface area contributed by atoms with Crippen LogP contribution in [-0.4, -0.2) is 29.3 Å². The number of nitrogens with zero attached hydrogens (tertiary/aromatic N) is 1. The van der Waals surface area contributed by atoms with E-state index in [1.807, 2.05) is 0 Å². The van der Waals surface area contributed by atoms with Crippen LogP contribution in [0.1, 0.15) is 13.8 Å². The molecule has 0 saturated heterocycles. The van der Waals surface area contributed by atoms with Crippen molar-refractivity contribution in [1.29, 1.82) is 0 Å². The number of rotatable bonds is 6. The number of nitrogens with one attached hydrogen (secondary N) is 1. The molecule has 0 aliphatic rings. The highest BCUT2D eigenvalue weighted by atomic mass is 16.6. The van der Waals surface area contributed by atoms with Crippen LogP contribution >= 0.6 is 0 Å². The van der Waals surface area contributed by atoms with E-state index in [1.165, 1.54) is 0 Å². The van der Waals surface area contributed by atoms with E-state index in [0.717, 1.165) is 0 Å². The third kappa shape index (κ3) is 3.32. The Morgan fingerprint density at radius 1 is 1.59 bits per heavy atom. The normalized spacial score (nSPS) is 11.9. The molecule has 1 aromatic rings. The minimum atomic E-state index is -0.489. The Labute approximate surface area is 99.4 Å². The maximum absolute atomic E-state index is 11.0. The number of anilines is 1. The number of hydrogen-bond donors (Lipinski definition) is 2. The summed E-state index contributed by atoms with van der Waals surface area (Å²) in [6, 6.07) is 4.55. The molecule has 17 heavy (non-hydrogen) atoms. The molecular formula is C11H16N2O4. The zero-order chi connectivity index (χ0) is 12.8. The lowest BCUT2D eigenvalue weighted by Gasteiger charge is -2.14. The maximum atomic E-state index is 11.0. The van der Waals surface area contributed by atoms with E-state index in [4.69, 9.17) is 9.84 Å². The van der Waals surface area contributed by atoms with Crippen LogP contribution in [-0.2, 0) is 0 Å². The van der Waals surface area contributed by atoms with E-state index in [-0.39, 0.29) is 24.1 Å². The molecule has 1 unspecified atom stereocenters. The van der Waals surface area contributed by atoms with Crippen LogP contribution in [0.3, 0.4) is 0 Å². The van der Waals surface area contributed by atoms with Crippen LogP contribution in [0.25, 0.3) is 0 Å². The van der Waals surface area contributed by atoms with Gasteiger partial charge in [0.2, 0.25) is 0 Å². The van der Waals surface area contributed by atoms with Gasteiger partial charge in [0.25, 0.3) is 0 Å². The van der Waals surface area contributed by atoms with Gasteiger partial charge in [-0.05, 0) is 26.0 Å². The van der Waals surface area contributed by atoms with Gasteiger partial charge in [0, 0.05) is 6.04 Å². The molecule has 1 rings (SSSR count). The number of para-hydroxylation sites is 1. The summed E-state index contributed by atoms with van der Waals surface area (Å²) < 4.78 is 5.21. The van der Waals surface area contributed by atoms with Gasteiger partial charge < -0.3 is 15.2 Å². The van der Waals surface area contributed by atoms with Crippen molar-refractivity contribution < 1.29 is 14.8 Å². The maximum Gasteiger partial charge on any atom is 0.333 e. The molecule has 0 aromatic heterocycles. The van der Waals surface area contributed by atoms with Gasteiger partial charge in [-0.1, -0.05) is 6.07 Å². The average Bonchev–Trinajstić information content (AvgIpc) is 2.29. The molecule has 0 amide bonds. The summed E-state index contributed by atoms with van der Waals surface area (Å²) in [6.45, 7) is 3.76. The summed E-state index contributed by atoms with van der Waals surface area (Å²) in [7, 11) is 0. The van der Waals surface area contributed by atoms with Crippen molar-refractivity contribution in [3.63, 3.8) is 0 Å². The van der Waals surface area contributed by atoms with Crippen molar-refractivity contribution in [2.45, 2.75) is 19.9 Å². The van der Waals surface area contributed by atoms with Gasteiger partial charge in [-0.25, -0.2) is 0 Å². The zero-order valence-corrected chi connectivity index (χ0v) is 9.84. The third-order valence-electron chi connectivity index (χ3n) is 2.16. The molecule has 2 N–H and O–H groups in total. The van der Waals surface area contributed by atoms with Gasteiger partial charge >= 0.3 is 5.69 Å². The topological polar surface area (TPSA) is 84.6 Å². The van der Waals surface area contributed by atoms with Crippen LogP contribution in [0.15, 0.2) is 18.2 Å². The highest BCUT2D eigenvalue weighted by Crippen LogP contribution is 2.34. The number of nitro groups is 1. The van der Waals surface area contributed by atoms with Gasteiger partial charge in [-0.15, -0.1) is 0 Å². The molecule has 6 heteroatoms. The highest BCUT2D eigenvalue weighted by Gasteiger charge is 2.21. The highest BCUT2D eigenvalue weighted by molar-refractivity contribution is 5.68. The van der Waals surface area contributed by atoms with Crippen molar-refractivity contribution in [2.75, 3.05) is 18.5 Å². The third-order valence-corrected chi connectivity index (χ3v) is 2.16. The Balaban J connectivity index is 3.10. The summed E-state index contributed by atoms with van der Waals surface area (Å²) in [6.07, 6.45) is 0. The molecule has 0 radical (unpaired) electrons. The Morgan fingerprint density at radius 3 is 2.82 bits per heavy atom. The summed E-state index contributed by atoms with van der Waals surface area (Å²) in [5.74, 6) is 0.229. The molecule has 1 aromatic carbocycles. The minimum absolute atomic E-state index is 0.101. The van der Waals surface area contributed by atoms with Crippen LogP contribution in [0.5, 0.6) is 5.75 Å². The Bertz CT molecular complexity index is 395. The number of nitro benzene ring substituents is 1. The first kappa shape index (κ1) is 13.2. The fourth-order valence-corrected chi connectivity index (χ4v) is 1.41. The fourth-order valence-electron chi connectivity index (χ4n) is 1.41. The van der Waals surface area contributed by atoms with Crippen molar-refractivity contribution in [2.24, 2.45) is 0 Å². The molecule has 1 atom stereocenters. The molecule has 0 saturated carbocycles. The van der Waals surface area contributed by atoms with E-state index < -0.39 is 4.92 Å². The fraction of sp³-hybridized carbons (Fsp3) is 0.455. The lowest BCUT2D eigenvalue weighted by atomic mass is 10.2. The molecule has 94 valence electrons. The van der Waals surface area contributed by atoms with Crippen molar-refractivity contribution >= 4 is 11.4 Å². The van der Waals surface area contributed by atoms with Gasteiger partial charge in [0.1, 0.15) is 5.69 Å². The molecule has 0 aliphatic carbocycles. The largest absolute Gasteiger partial charge is 0.487 e. The molecule has 0 bridgehead atoms. The Hall–Kier alpha value is -1.82. The summed E-state index contributed by atoms with van der Waals surface area (Å²) in [4.78, 5) is 10.5. The first-order valence-electron chi connectivity index (χ1n) is 5.37. The average molecular weight is 240 g/mol. The second-order valence-corrected chi connectivity index (χ2v) is 3.57. The van der Waals surface area contributed by atoms with Gasteiger partial charge in [-0.2, -0.15) is 0 Å². The molecule has 0 heterocycles. The van der Waals surface area contributed by atoms with E-state index in [0.29, 0.717) is 12.3 Å². The number of benzene rings is 1. The molecule has 0 aliphatic heterocycles. The SMILES string of the molecule is CCOc1cccc(NC(C)CO)c1[N+](=O)[O-]. The second kappa shape index (κ2) is 6.05. The van der Waals surface area contributed by atoms with E-state index in [2.05, 4.69) is 5.32 Å². The van der Waals surface area contributed by atoms with Gasteiger partial charge in [0.05, 0.1) is 18.1 Å². The standard InChI is InChI=1S/C11H16N2O4/c1-3-17-10-6-4-5-9(11(10)13(15)16)12-8(2)7-14/h4-6,8,12,14H,3,7H2,1-2H3. The van der Waals surface area contributed by atoms with Crippen molar-refractivity contribution in [3.05, 3.63) is 28.3 Å².